The third kappa shape index (κ3) is 2.75. The van der Waals surface area contributed by atoms with Crippen LogP contribution in [0, 0.1) is 0 Å². The molecule has 2 amide bonds. The van der Waals surface area contributed by atoms with Crippen molar-refractivity contribution in [2.75, 3.05) is 11.5 Å². The maximum Gasteiger partial charge on any atom is 0.328 e. The van der Waals surface area contributed by atoms with Gasteiger partial charge < -0.3 is 15.5 Å². The van der Waals surface area contributed by atoms with Gasteiger partial charge in [-0.2, -0.15) is 0 Å². The van der Waals surface area contributed by atoms with Gasteiger partial charge in [-0.1, -0.05) is 18.2 Å². The van der Waals surface area contributed by atoms with Crippen molar-refractivity contribution in [3.8, 4) is 0 Å². The second-order valence-corrected chi connectivity index (χ2v) is 4.91. The first kappa shape index (κ1) is 14.3. The number of amides is 2. The van der Waals surface area contributed by atoms with Crippen LogP contribution >= 0.6 is 0 Å². The first-order valence-corrected chi connectivity index (χ1v) is 6.56. The van der Waals surface area contributed by atoms with E-state index in [9.17, 15) is 9.59 Å². The first-order valence-electron chi connectivity index (χ1n) is 6.56. The summed E-state index contributed by atoms with van der Waals surface area (Å²) in [4.78, 5) is 24.7. The average Bonchev–Trinajstić information content (AvgIpc) is 2.44. The van der Waals surface area contributed by atoms with Crippen LogP contribution in [0.25, 0.3) is 0 Å². The fraction of sp³-hybridized carbons (Fsp3) is 0.429. The van der Waals surface area contributed by atoms with Crippen molar-refractivity contribution in [2.24, 2.45) is 0 Å². The fourth-order valence-electron chi connectivity index (χ4n) is 2.40. The Hall–Kier alpha value is -2.08. The smallest absolute Gasteiger partial charge is 0.328 e. The van der Waals surface area contributed by atoms with Crippen molar-refractivity contribution in [3.05, 3.63) is 29.8 Å². The number of benzene rings is 1. The molecule has 0 aromatic heterocycles. The Morgan fingerprint density at radius 1 is 1.45 bits per heavy atom. The van der Waals surface area contributed by atoms with E-state index >= 15 is 0 Å². The van der Waals surface area contributed by atoms with E-state index in [-0.39, 0.29) is 6.04 Å². The molecule has 108 valence electrons. The molecule has 2 unspecified atom stereocenters. The Kier molecular flexibility index (Phi) is 4.24. The molecule has 1 aliphatic heterocycles. The molecular weight excluding hydrogens is 260 g/mol. The van der Waals surface area contributed by atoms with Gasteiger partial charge in [-0.05, 0) is 31.4 Å². The molecule has 6 nitrogen and oxygen atoms in total. The first-order chi connectivity index (χ1) is 9.54. The SMILES string of the molecule is CC1CCc2ccccc2N1C(=O)NC(CO)C(=O)O. The number of aliphatic carboxylic acids is 1. The number of carboxylic acids is 1. The highest BCUT2D eigenvalue weighted by Crippen LogP contribution is 2.30. The number of carbonyl (C=O) groups is 2. The molecule has 6 heteroatoms. The monoisotopic (exact) mass is 278 g/mol. The Labute approximate surface area is 117 Å². The van der Waals surface area contributed by atoms with Crippen molar-refractivity contribution < 1.29 is 19.8 Å². The molecule has 1 aromatic rings. The summed E-state index contributed by atoms with van der Waals surface area (Å²) in [7, 11) is 0. The largest absolute Gasteiger partial charge is 0.480 e. The Balaban J connectivity index is 2.23. The highest BCUT2D eigenvalue weighted by molar-refractivity contribution is 5.96. The van der Waals surface area contributed by atoms with Crippen molar-refractivity contribution in [1.82, 2.24) is 5.32 Å². The average molecular weight is 278 g/mol. The zero-order valence-electron chi connectivity index (χ0n) is 11.2. The highest BCUT2D eigenvalue weighted by atomic mass is 16.4. The van der Waals surface area contributed by atoms with Crippen molar-refractivity contribution in [3.63, 3.8) is 0 Å². The summed E-state index contributed by atoms with van der Waals surface area (Å²) in [6.07, 6.45) is 1.71. The number of aryl methyl sites for hydroxylation is 1. The van der Waals surface area contributed by atoms with Gasteiger partial charge in [-0.15, -0.1) is 0 Å². The van der Waals surface area contributed by atoms with Crippen LogP contribution in [-0.4, -0.2) is 40.9 Å². The zero-order valence-corrected chi connectivity index (χ0v) is 11.2. The number of carbonyl (C=O) groups excluding carboxylic acids is 1. The van der Waals surface area contributed by atoms with E-state index in [1.807, 2.05) is 31.2 Å². The second kappa shape index (κ2) is 5.92. The van der Waals surface area contributed by atoms with Gasteiger partial charge in [-0.25, -0.2) is 9.59 Å². The predicted octanol–water partition coefficient (Wildman–Crippen LogP) is 0.983. The normalized spacial score (nSPS) is 19.1. The molecule has 0 saturated carbocycles. The van der Waals surface area contributed by atoms with Crippen LogP contribution in [0.15, 0.2) is 24.3 Å². The van der Waals surface area contributed by atoms with E-state index in [1.54, 1.807) is 4.90 Å². The quantitative estimate of drug-likeness (QED) is 0.769. The van der Waals surface area contributed by atoms with Crippen molar-refractivity contribution in [1.29, 1.82) is 0 Å². The molecule has 0 radical (unpaired) electrons. The minimum atomic E-state index is -1.29. The summed E-state index contributed by atoms with van der Waals surface area (Å²) in [5.41, 5.74) is 1.86. The van der Waals surface area contributed by atoms with Gasteiger partial charge >= 0.3 is 12.0 Å². The van der Waals surface area contributed by atoms with Gasteiger partial charge in [0.2, 0.25) is 0 Å². The summed E-state index contributed by atoms with van der Waals surface area (Å²) >= 11 is 0. The number of nitrogens with one attached hydrogen (secondary N) is 1. The Bertz CT molecular complexity index is 518. The maximum atomic E-state index is 12.3. The molecule has 20 heavy (non-hydrogen) atoms. The second-order valence-electron chi connectivity index (χ2n) is 4.91. The van der Waals surface area contributed by atoms with E-state index in [0.717, 1.165) is 24.1 Å². The molecular formula is C14H18N2O4. The number of nitrogens with zero attached hydrogens (tertiary/aromatic N) is 1. The number of para-hydroxylation sites is 1. The summed E-state index contributed by atoms with van der Waals surface area (Å²) in [5.74, 6) is -1.25. The van der Waals surface area contributed by atoms with E-state index in [2.05, 4.69) is 5.32 Å². The van der Waals surface area contributed by atoms with Crippen LogP contribution in [0.3, 0.4) is 0 Å². The number of carboxylic acid groups (broad SMARTS) is 1. The molecule has 2 rings (SSSR count). The van der Waals surface area contributed by atoms with Crippen molar-refractivity contribution >= 4 is 17.7 Å². The lowest BCUT2D eigenvalue weighted by Gasteiger charge is -2.35. The number of anilines is 1. The molecule has 1 aliphatic rings. The molecule has 2 atom stereocenters. The number of hydrogen-bond acceptors (Lipinski definition) is 3. The molecule has 0 spiro atoms. The molecule has 0 saturated heterocycles. The number of aliphatic hydroxyl groups excluding tert-OH is 1. The molecule has 1 aromatic carbocycles. The summed E-state index contributed by atoms with van der Waals surface area (Å²) in [6, 6.07) is 5.77. The highest BCUT2D eigenvalue weighted by Gasteiger charge is 2.30. The van der Waals surface area contributed by atoms with Crippen LogP contribution < -0.4 is 10.2 Å². The van der Waals surface area contributed by atoms with E-state index in [0.29, 0.717) is 0 Å². The summed E-state index contributed by atoms with van der Waals surface area (Å²) in [5, 5.41) is 20.2. The predicted molar refractivity (Wildman–Crippen MR) is 73.7 cm³/mol. The van der Waals surface area contributed by atoms with E-state index < -0.39 is 24.6 Å². The van der Waals surface area contributed by atoms with Gasteiger partial charge in [-0.3, -0.25) is 4.90 Å². The van der Waals surface area contributed by atoms with Crippen LogP contribution in [0.5, 0.6) is 0 Å². The summed E-state index contributed by atoms with van der Waals surface area (Å²) in [6.45, 7) is 1.29. The standard InChI is InChI=1S/C14H18N2O4/c1-9-6-7-10-4-2-3-5-12(10)16(9)14(20)15-11(8-17)13(18)19/h2-5,9,11,17H,6-8H2,1H3,(H,15,20)(H,18,19). The topological polar surface area (TPSA) is 89.9 Å². The molecule has 1 heterocycles. The lowest BCUT2D eigenvalue weighted by Crippen LogP contribution is -2.53. The minimum absolute atomic E-state index is 0.0157. The van der Waals surface area contributed by atoms with Gasteiger partial charge in [0.1, 0.15) is 0 Å². The number of rotatable bonds is 3. The minimum Gasteiger partial charge on any atom is -0.480 e. The zero-order chi connectivity index (χ0) is 14.7. The number of hydrogen-bond donors (Lipinski definition) is 3. The number of urea groups is 1. The van der Waals surface area contributed by atoms with Gasteiger partial charge in [0.25, 0.3) is 0 Å². The molecule has 0 aliphatic carbocycles. The lowest BCUT2D eigenvalue weighted by molar-refractivity contribution is -0.140. The summed E-state index contributed by atoms with van der Waals surface area (Å²) < 4.78 is 0. The van der Waals surface area contributed by atoms with Gasteiger partial charge in [0.05, 0.1) is 6.61 Å². The Morgan fingerprint density at radius 2 is 2.15 bits per heavy atom. The van der Waals surface area contributed by atoms with Crippen LogP contribution in [0.1, 0.15) is 18.9 Å². The van der Waals surface area contributed by atoms with Gasteiger partial charge in [0, 0.05) is 11.7 Å². The van der Waals surface area contributed by atoms with Crippen LogP contribution in [-0.2, 0) is 11.2 Å². The third-order valence-electron chi connectivity index (χ3n) is 3.52. The van der Waals surface area contributed by atoms with Crippen LogP contribution in [0.2, 0.25) is 0 Å². The molecule has 0 fully saturated rings. The maximum absolute atomic E-state index is 12.3. The number of fused-ring (bicyclic) bond motifs is 1. The molecule has 3 N–H and O–H groups in total. The van der Waals surface area contributed by atoms with E-state index in [1.165, 1.54) is 0 Å². The van der Waals surface area contributed by atoms with Gasteiger partial charge in [0.15, 0.2) is 6.04 Å². The van der Waals surface area contributed by atoms with Crippen molar-refractivity contribution in [2.45, 2.75) is 31.8 Å². The van der Waals surface area contributed by atoms with Crippen LogP contribution in [0.4, 0.5) is 10.5 Å². The third-order valence-corrected chi connectivity index (χ3v) is 3.52. The fourth-order valence-corrected chi connectivity index (χ4v) is 2.40. The van der Waals surface area contributed by atoms with E-state index in [4.69, 9.17) is 10.2 Å². The Morgan fingerprint density at radius 3 is 2.80 bits per heavy atom. The lowest BCUT2D eigenvalue weighted by atomic mass is 9.97. The molecule has 0 bridgehead atoms. The number of aliphatic hydroxyl groups is 1.